The molecule has 2 aromatic rings. The van der Waals surface area contributed by atoms with Crippen molar-refractivity contribution >= 4 is 11.5 Å². The molecule has 0 spiro atoms. The Labute approximate surface area is 189 Å². The van der Waals surface area contributed by atoms with Crippen LogP contribution in [-0.4, -0.2) is 76.4 Å². The van der Waals surface area contributed by atoms with Gasteiger partial charge in [-0.1, -0.05) is 12.1 Å². The molecular weight excluding hydrogens is 410 g/mol. The van der Waals surface area contributed by atoms with Crippen molar-refractivity contribution in [3.8, 4) is 0 Å². The number of nitrogens with zero attached hydrogens (tertiary/aromatic N) is 5. The molecule has 1 fully saturated rings. The predicted octanol–water partition coefficient (Wildman–Crippen LogP) is 2.50. The summed E-state index contributed by atoms with van der Waals surface area (Å²) in [5, 5.41) is 21.2. The van der Waals surface area contributed by atoms with Gasteiger partial charge >= 0.3 is 0 Å². The van der Waals surface area contributed by atoms with Crippen molar-refractivity contribution in [1.29, 1.82) is 0 Å². The molecule has 0 saturated carbocycles. The SMILES string of the molecule is Cc1nc(C)c(Cc2ccc([N+](=O)[O-])cc2)c(N2CCN(CC(O)COC(C)C)CC2)n1. The Morgan fingerprint density at radius 3 is 2.38 bits per heavy atom. The van der Waals surface area contributed by atoms with Gasteiger partial charge in [0.1, 0.15) is 11.6 Å². The Morgan fingerprint density at radius 1 is 1.12 bits per heavy atom. The molecule has 0 amide bonds. The highest BCUT2D eigenvalue weighted by molar-refractivity contribution is 5.52. The number of piperazine rings is 1. The number of rotatable bonds is 9. The van der Waals surface area contributed by atoms with Crippen molar-refractivity contribution in [1.82, 2.24) is 14.9 Å². The maximum Gasteiger partial charge on any atom is 0.269 e. The molecule has 1 aliphatic heterocycles. The summed E-state index contributed by atoms with van der Waals surface area (Å²) in [4.78, 5) is 24.4. The highest BCUT2D eigenvalue weighted by Crippen LogP contribution is 2.26. The van der Waals surface area contributed by atoms with Gasteiger partial charge in [0.25, 0.3) is 5.69 Å². The van der Waals surface area contributed by atoms with Crippen LogP contribution in [0.5, 0.6) is 0 Å². The van der Waals surface area contributed by atoms with Gasteiger partial charge in [-0.3, -0.25) is 15.0 Å². The lowest BCUT2D eigenvalue weighted by molar-refractivity contribution is -0.384. The molecule has 2 heterocycles. The topological polar surface area (TPSA) is 105 Å². The fourth-order valence-corrected chi connectivity index (χ4v) is 3.92. The van der Waals surface area contributed by atoms with Crippen molar-refractivity contribution in [2.24, 2.45) is 0 Å². The van der Waals surface area contributed by atoms with Crippen LogP contribution in [-0.2, 0) is 11.2 Å². The average Bonchev–Trinajstić information content (AvgIpc) is 2.75. The molecule has 32 heavy (non-hydrogen) atoms. The minimum Gasteiger partial charge on any atom is -0.389 e. The minimum atomic E-state index is -0.495. The summed E-state index contributed by atoms with van der Waals surface area (Å²) in [6.07, 6.45) is 0.232. The molecule has 1 atom stereocenters. The van der Waals surface area contributed by atoms with Crippen molar-refractivity contribution in [3.05, 3.63) is 57.0 Å². The number of anilines is 1. The fraction of sp³-hybridized carbons (Fsp3) is 0.565. The van der Waals surface area contributed by atoms with E-state index in [1.807, 2.05) is 27.7 Å². The van der Waals surface area contributed by atoms with Gasteiger partial charge in [-0.2, -0.15) is 0 Å². The molecule has 1 aromatic heterocycles. The minimum absolute atomic E-state index is 0.0861. The van der Waals surface area contributed by atoms with Gasteiger partial charge in [-0.15, -0.1) is 0 Å². The Kier molecular flexibility index (Phi) is 8.11. The lowest BCUT2D eigenvalue weighted by atomic mass is 10.0. The standard InChI is InChI=1S/C23H33N5O4/c1-16(2)32-15-21(29)14-26-9-11-27(12-10-26)23-22(17(3)24-18(4)25-23)13-19-5-7-20(8-6-19)28(30)31/h5-8,16,21,29H,9-15H2,1-4H3. The van der Waals surface area contributed by atoms with Crippen LogP contribution in [0.15, 0.2) is 24.3 Å². The van der Waals surface area contributed by atoms with E-state index in [9.17, 15) is 15.2 Å². The number of aliphatic hydroxyl groups excluding tert-OH is 1. The summed E-state index contributed by atoms with van der Waals surface area (Å²) >= 11 is 0. The molecule has 1 unspecified atom stereocenters. The first-order valence-corrected chi connectivity index (χ1v) is 11.1. The van der Waals surface area contributed by atoms with Crippen molar-refractivity contribution in [3.63, 3.8) is 0 Å². The van der Waals surface area contributed by atoms with E-state index in [2.05, 4.69) is 14.8 Å². The number of non-ortho nitro benzene ring substituents is 1. The third-order valence-electron chi connectivity index (χ3n) is 5.59. The van der Waals surface area contributed by atoms with Crippen LogP contribution in [0.3, 0.4) is 0 Å². The molecular formula is C23H33N5O4. The number of aromatic nitrogens is 2. The highest BCUT2D eigenvalue weighted by atomic mass is 16.6. The van der Waals surface area contributed by atoms with E-state index in [4.69, 9.17) is 9.72 Å². The molecule has 174 valence electrons. The molecule has 9 heteroatoms. The Morgan fingerprint density at radius 2 is 1.78 bits per heavy atom. The number of benzene rings is 1. The Balaban J connectivity index is 1.68. The molecule has 0 radical (unpaired) electrons. The van der Waals surface area contributed by atoms with E-state index < -0.39 is 6.10 Å². The smallest absolute Gasteiger partial charge is 0.269 e. The predicted molar refractivity (Wildman–Crippen MR) is 123 cm³/mol. The molecule has 1 saturated heterocycles. The van der Waals surface area contributed by atoms with E-state index in [0.717, 1.165) is 54.6 Å². The second-order valence-electron chi connectivity index (χ2n) is 8.58. The van der Waals surface area contributed by atoms with E-state index in [-0.39, 0.29) is 16.7 Å². The zero-order valence-electron chi connectivity index (χ0n) is 19.3. The zero-order valence-corrected chi connectivity index (χ0v) is 19.3. The molecule has 1 aromatic carbocycles. The summed E-state index contributed by atoms with van der Waals surface area (Å²) in [5.74, 6) is 1.66. The second-order valence-corrected chi connectivity index (χ2v) is 8.58. The van der Waals surface area contributed by atoms with Crippen LogP contribution in [0, 0.1) is 24.0 Å². The van der Waals surface area contributed by atoms with Crippen molar-refractivity contribution < 1.29 is 14.8 Å². The largest absolute Gasteiger partial charge is 0.389 e. The third kappa shape index (κ3) is 6.44. The number of nitro groups is 1. The zero-order chi connectivity index (χ0) is 23.3. The van der Waals surface area contributed by atoms with E-state index >= 15 is 0 Å². The number of hydrogen-bond acceptors (Lipinski definition) is 8. The number of hydrogen-bond donors (Lipinski definition) is 1. The Hall–Kier alpha value is -2.62. The summed E-state index contributed by atoms with van der Waals surface area (Å²) in [7, 11) is 0. The normalized spacial score (nSPS) is 15.9. The first-order chi connectivity index (χ1) is 15.2. The maximum absolute atomic E-state index is 10.9. The maximum atomic E-state index is 10.9. The van der Waals surface area contributed by atoms with Crippen LogP contribution >= 0.6 is 0 Å². The fourth-order valence-electron chi connectivity index (χ4n) is 3.92. The first kappa shape index (κ1) is 24.0. The van der Waals surface area contributed by atoms with Gasteiger partial charge in [0.15, 0.2) is 0 Å². The molecule has 1 aliphatic rings. The van der Waals surface area contributed by atoms with Crippen molar-refractivity contribution in [2.45, 2.75) is 46.3 Å². The van der Waals surface area contributed by atoms with Crippen LogP contribution < -0.4 is 4.90 Å². The first-order valence-electron chi connectivity index (χ1n) is 11.1. The summed E-state index contributed by atoms with van der Waals surface area (Å²) < 4.78 is 5.51. The molecule has 1 N–H and O–H groups in total. The average molecular weight is 444 g/mol. The van der Waals surface area contributed by atoms with Crippen LogP contribution in [0.4, 0.5) is 11.5 Å². The number of nitro benzene ring substituents is 1. The van der Waals surface area contributed by atoms with Gasteiger partial charge in [0.05, 0.1) is 23.7 Å². The van der Waals surface area contributed by atoms with Gasteiger partial charge in [-0.05, 0) is 33.3 Å². The van der Waals surface area contributed by atoms with Crippen LogP contribution in [0.25, 0.3) is 0 Å². The molecule has 0 aliphatic carbocycles. The Bertz CT molecular complexity index is 911. The van der Waals surface area contributed by atoms with Gasteiger partial charge in [-0.25, -0.2) is 9.97 Å². The number of aryl methyl sites for hydroxylation is 2. The summed E-state index contributed by atoms with van der Waals surface area (Å²) in [6.45, 7) is 12.0. The third-order valence-corrected chi connectivity index (χ3v) is 5.59. The lowest BCUT2D eigenvalue weighted by Crippen LogP contribution is -2.49. The quantitative estimate of drug-likeness (QED) is 0.466. The number of β-amino-alcohol motifs (C(OH)–C–C–N with tert-alkyl or cyclic N) is 1. The van der Waals surface area contributed by atoms with E-state index in [1.54, 1.807) is 12.1 Å². The van der Waals surface area contributed by atoms with Gasteiger partial charge in [0.2, 0.25) is 0 Å². The van der Waals surface area contributed by atoms with E-state index in [0.29, 0.717) is 19.6 Å². The van der Waals surface area contributed by atoms with E-state index in [1.165, 1.54) is 12.1 Å². The summed E-state index contributed by atoms with van der Waals surface area (Å²) in [6, 6.07) is 6.65. The highest BCUT2D eigenvalue weighted by Gasteiger charge is 2.24. The van der Waals surface area contributed by atoms with Crippen LogP contribution in [0.1, 0.15) is 36.5 Å². The number of aliphatic hydroxyl groups is 1. The molecule has 3 rings (SSSR count). The molecule has 0 bridgehead atoms. The monoisotopic (exact) mass is 443 g/mol. The molecule has 9 nitrogen and oxygen atoms in total. The van der Waals surface area contributed by atoms with Gasteiger partial charge < -0.3 is 14.7 Å². The lowest BCUT2D eigenvalue weighted by Gasteiger charge is -2.37. The van der Waals surface area contributed by atoms with Gasteiger partial charge in [0, 0.05) is 62.5 Å². The number of ether oxygens (including phenoxy) is 1. The second kappa shape index (κ2) is 10.8. The van der Waals surface area contributed by atoms with Crippen molar-refractivity contribution in [2.75, 3.05) is 44.2 Å². The summed E-state index contributed by atoms with van der Waals surface area (Å²) in [5.41, 5.74) is 3.04. The van der Waals surface area contributed by atoms with Crippen LogP contribution in [0.2, 0.25) is 0 Å².